The molecule has 4 aliphatic carbocycles. The van der Waals surface area contributed by atoms with Crippen LogP contribution in [0.5, 0.6) is 5.75 Å². The fourth-order valence-corrected chi connectivity index (χ4v) is 8.19. The Morgan fingerprint density at radius 1 is 0.538 bits per heavy atom. The predicted molar refractivity (Wildman–Crippen MR) is 251 cm³/mol. The molecule has 4 aliphatic rings. The maximum absolute atomic E-state index is 10.7. The number of oxime groups is 2. The first kappa shape index (κ1) is 47.7. The number of nitrogens with two attached hydrogens (primary N) is 1. The number of nitro benzene ring substituents is 3. The first-order chi connectivity index (χ1) is 31.5. The smallest absolute Gasteiger partial charge is 0.270 e. The number of nitro groups is 3. The molecule has 10 rings (SSSR count). The molecular weight excluding hydrogens is 856 g/mol. The number of rotatable bonds is 5. The molecule has 6 aromatic rings. The molecule has 0 bridgehead atoms. The van der Waals surface area contributed by atoms with Crippen LogP contribution < -0.4 is 10.6 Å². The summed E-state index contributed by atoms with van der Waals surface area (Å²) in [5.41, 5.74) is 13.2. The Morgan fingerprint density at radius 2 is 0.969 bits per heavy atom. The van der Waals surface area contributed by atoms with E-state index in [0.717, 1.165) is 104 Å². The molecule has 0 aliphatic heterocycles. The minimum atomic E-state index is -0.462. The van der Waals surface area contributed by atoms with Crippen LogP contribution in [0.25, 0.3) is 21.9 Å². The van der Waals surface area contributed by atoms with Crippen molar-refractivity contribution in [1.29, 1.82) is 0 Å². The van der Waals surface area contributed by atoms with Gasteiger partial charge in [-0.25, -0.2) is 0 Å². The fraction of sp³-hybridized carbons (Fsp3) is 0.375. The van der Waals surface area contributed by atoms with Crippen LogP contribution in [0.3, 0.4) is 0 Å². The SMILES string of the molecule is Nc1ccc2oc3c(c2c1)CCCC3.O=[N+]([O-])c1ccc(Cl)cc1.O=[N+]([O-])c1ccc(ON=C2CCCCC2)cc1.O=[N+]([O-])c1ccc2oc3c(c2c1)CCCC3.ON=C1CCCCC1. The van der Waals surface area contributed by atoms with Crippen LogP contribution in [0, 0.1) is 30.3 Å². The summed E-state index contributed by atoms with van der Waals surface area (Å²) in [5, 5.41) is 49.4. The number of hydrogen-bond donors (Lipinski definition) is 2. The number of anilines is 1. The van der Waals surface area contributed by atoms with Crippen LogP contribution in [0.15, 0.2) is 104 Å². The van der Waals surface area contributed by atoms with Gasteiger partial charge in [0, 0.05) is 81.8 Å². The van der Waals surface area contributed by atoms with Crippen LogP contribution in [-0.4, -0.2) is 31.4 Å². The highest BCUT2D eigenvalue weighted by atomic mass is 35.5. The fourth-order valence-electron chi connectivity index (χ4n) is 8.06. The first-order valence-corrected chi connectivity index (χ1v) is 22.4. The topological polar surface area (TPSA) is 236 Å². The largest absolute Gasteiger partial charge is 0.461 e. The highest BCUT2D eigenvalue weighted by Gasteiger charge is 2.20. The summed E-state index contributed by atoms with van der Waals surface area (Å²) >= 11 is 5.49. The Balaban J connectivity index is 0.000000138. The molecule has 342 valence electrons. The maximum atomic E-state index is 10.7. The van der Waals surface area contributed by atoms with E-state index in [2.05, 4.69) is 10.3 Å². The Morgan fingerprint density at radius 3 is 1.46 bits per heavy atom. The second-order valence-corrected chi connectivity index (χ2v) is 16.6. The number of nitrogens with zero attached hydrogens (tertiary/aromatic N) is 5. The van der Waals surface area contributed by atoms with E-state index in [9.17, 15) is 30.3 Å². The molecule has 0 amide bonds. The summed E-state index contributed by atoms with van der Waals surface area (Å²) in [6.07, 6.45) is 20.3. The second-order valence-electron chi connectivity index (χ2n) is 16.1. The van der Waals surface area contributed by atoms with E-state index in [0.29, 0.717) is 10.8 Å². The van der Waals surface area contributed by atoms with Gasteiger partial charge in [-0.1, -0.05) is 34.8 Å². The molecule has 2 saturated carbocycles. The lowest BCUT2D eigenvalue weighted by Gasteiger charge is -2.11. The lowest BCUT2D eigenvalue weighted by molar-refractivity contribution is -0.385. The lowest BCUT2D eigenvalue weighted by Crippen LogP contribution is -2.06. The Bertz CT molecular complexity index is 2610. The Hall–Kier alpha value is -6.81. The van der Waals surface area contributed by atoms with Crippen molar-refractivity contribution >= 4 is 67.7 Å². The second kappa shape index (κ2) is 23.8. The number of halogens is 1. The number of benzene rings is 4. The third-order valence-electron chi connectivity index (χ3n) is 11.5. The van der Waals surface area contributed by atoms with E-state index in [-0.39, 0.29) is 22.0 Å². The standard InChI is InChI=1S/C12H14N2O3.C12H11NO3.C12H13NO.C6H4ClNO2.C6H11NO/c15-14(16)11-6-8-12(9-7-11)17-13-10-4-2-1-3-5-10;14-13(15)8-5-6-12-10(7-8)9-3-1-2-4-11(9)16-12;13-8-5-6-12-10(7-8)9-3-1-2-4-11(9)14-12;7-5-1-3-6(4-2-5)8(9)10;8-7-6-4-2-1-3-5-6/h6-9H,1-5H2;5-7H,1-4H2;5-7H,1-4,13H2;1-4H;8H,1-5H2. The zero-order valence-corrected chi connectivity index (χ0v) is 36.9. The number of nitrogen functional groups attached to an aromatic ring is 1. The average Bonchev–Trinajstić information content (AvgIpc) is 3.90. The van der Waals surface area contributed by atoms with Crippen LogP contribution in [-0.2, 0) is 25.7 Å². The van der Waals surface area contributed by atoms with Gasteiger partial charge in [0.1, 0.15) is 22.7 Å². The van der Waals surface area contributed by atoms with Gasteiger partial charge in [0.2, 0.25) is 0 Å². The van der Waals surface area contributed by atoms with Gasteiger partial charge < -0.3 is 24.6 Å². The summed E-state index contributed by atoms with van der Waals surface area (Å²) < 4.78 is 11.5. The van der Waals surface area contributed by atoms with Gasteiger partial charge in [0.25, 0.3) is 17.1 Å². The van der Waals surface area contributed by atoms with Crippen LogP contribution in [0.2, 0.25) is 5.02 Å². The van der Waals surface area contributed by atoms with E-state index in [1.165, 1.54) is 116 Å². The van der Waals surface area contributed by atoms with E-state index >= 15 is 0 Å². The molecule has 4 aromatic carbocycles. The van der Waals surface area contributed by atoms with E-state index in [1.54, 1.807) is 24.3 Å². The van der Waals surface area contributed by atoms with Gasteiger partial charge in [-0.05, 0) is 138 Å². The summed E-state index contributed by atoms with van der Waals surface area (Å²) in [4.78, 5) is 35.2. The molecule has 16 nitrogen and oxygen atoms in total. The molecule has 0 spiro atoms. The molecular formula is C48H53ClN6O10. The van der Waals surface area contributed by atoms with Crippen molar-refractivity contribution in [3.63, 3.8) is 0 Å². The monoisotopic (exact) mass is 908 g/mol. The summed E-state index contributed by atoms with van der Waals surface area (Å²) in [5.74, 6) is 2.73. The molecule has 17 heteroatoms. The van der Waals surface area contributed by atoms with Crippen molar-refractivity contribution in [3.05, 3.63) is 143 Å². The minimum absolute atomic E-state index is 0.0580. The molecule has 3 N–H and O–H groups in total. The summed E-state index contributed by atoms with van der Waals surface area (Å²) in [6.45, 7) is 0. The molecule has 65 heavy (non-hydrogen) atoms. The average molecular weight is 909 g/mol. The molecule has 2 aromatic heterocycles. The van der Waals surface area contributed by atoms with E-state index in [4.69, 9.17) is 36.2 Å². The maximum Gasteiger partial charge on any atom is 0.270 e. The quantitative estimate of drug-likeness (QED) is 0.0714. The zero-order valence-electron chi connectivity index (χ0n) is 36.1. The van der Waals surface area contributed by atoms with E-state index in [1.807, 2.05) is 18.2 Å². The van der Waals surface area contributed by atoms with Gasteiger partial charge in [0.05, 0.1) is 26.2 Å². The number of furan rings is 2. The van der Waals surface area contributed by atoms with Gasteiger partial charge >= 0.3 is 0 Å². The number of hydrogen-bond acceptors (Lipinski definition) is 13. The van der Waals surface area contributed by atoms with Crippen molar-refractivity contribution in [2.75, 3.05) is 5.73 Å². The third-order valence-corrected chi connectivity index (χ3v) is 11.7. The normalized spacial score (nSPS) is 15.1. The number of non-ortho nitro benzene ring substituents is 3. The predicted octanol–water partition coefficient (Wildman–Crippen LogP) is 13.4. The van der Waals surface area contributed by atoms with Gasteiger partial charge in [-0.15, -0.1) is 0 Å². The minimum Gasteiger partial charge on any atom is -0.461 e. The van der Waals surface area contributed by atoms with Crippen molar-refractivity contribution in [1.82, 2.24) is 0 Å². The number of fused-ring (bicyclic) bond motifs is 6. The molecule has 0 atom stereocenters. The van der Waals surface area contributed by atoms with Crippen molar-refractivity contribution in [2.45, 2.75) is 116 Å². The van der Waals surface area contributed by atoms with Crippen molar-refractivity contribution in [3.8, 4) is 5.75 Å². The summed E-state index contributed by atoms with van der Waals surface area (Å²) in [6, 6.07) is 22.4. The molecule has 0 saturated heterocycles. The van der Waals surface area contributed by atoms with Crippen molar-refractivity contribution < 1.29 is 33.6 Å². The number of aryl methyl sites for hydroxylation is 4. The van der Waals surface area contributed by atoms with Crippen LogP contribution in [0.4, 0.5) is 22.7 Å². The van der Waals surface area contributed by atoms with Gasteiger partial charge in [-0.2, -0.15) is 0 Å². The van der Waals surface area contributed by atoms with E-state index < -0.39 is 9.85 Å². The highest BCUT2D eigenvalue weighted by Crippen LogP contribution is 2.35. The van der Waals surface area contributed by atoms with Crippen LogP contribution >= 0.6 is 11.6 Å². The summed E-state index contributed by atoms with van der Waals surface area (Å²) in [7, 11) is 0. The Labute approximate surface area is 380 Å². The molecule has 2 fully saturated rings. The van der Waals surface area contributed by atoms with Gasteiger partial charge in [0.15, 0.2) is 5.75 Å². The molecule has 0 unspecified atom stereocenters. The lowest BCUT2D eigenvalue weighted by atomic mass is 9.96. The Kier molecular flexibility index (Phi) is 17.4. The van der Waals surface area contributed by atoms with Gasteiger partial charge in [-0.3, -0.25) is 30.3 Å². The highest BCUT2D eigenvalue weighted by molar-refractivity contribution is 6.30. The molecule has 0 radical (unpaired) electrons. The molecule has 2 heterocycles. The zero-order chi connectivity index (χ0) is 46.1. The third kappa shape index (κ3) is 13.8. The van der Waals surface area contributed by atoms with Crippen LogP contribution in [0.1, 0.15) is 113 Å². The van der Waals surface area contributed by atoms with Crippen molar-refractivity contribution in [2.24, 2.45) is 10.3 Å². The first-order valence-electron chi connectivity index (χ1n) is 22.0.